The minimum atomic E-state index is -1.14. The van der Waals surface area contributed by atoms with E-state index in [0.29, 0.717) is 11.2 Å². The molecule has 6 heteroatoms. The smallest absolute Gasteiger partial charge is 0.328 e. The van der Waals surface area contributed by atoms with Crippen LogP contribution in [0.25, 0.3) is 17.0 Å². The van der Waals surface area contributed by atoms with Crippen molar-refractivity contribution in [2.45, 2.75) is 58.0 Å². The summed E-state index contributed by atoms with van der Waals surface area (Å²) in [4.78, 5) is 23.5. The lowest BCUT2D eigenvalue weighted by Crippen LogP contribution is -2.23. The van der Waals surface area contributed by atoms with Crippen LogP contribution < -0.4 is 10.7 Å². The molecule has 0 aliphatic heterocycles. The number of hydrogen-bond acceptors (Lipinski definition) is 3. The van der Waals surface area contributed by atoms with Gasteiger partial charge in [0.25, 0.3) is 0 Å². The van der Waals surface area contributed by atoms with Gasteiger partial charge in [-0.3, -0.25) is 4.79 Å². The molecule has 0 bridgehead atoms. The van der Waals surface area contributed by atoms with Crippen LogP contribution in [-0.2, 0) is 4.79 Å². The highest BCUT2D eigenvalue weighted by Gasteiger charge is 2.18. The Morgan fingerprint density at radius 3 is 2.63 bits per heavy atom. The molecule has 0 atom stereocenters. The van der Waals surface area contributed by atoms with Gasteiger partial charge < -0.3 is 15.0 Å². The standard InChI is InChI=1S/C21H25FN2O3/c1-13(2)24-12-14(8-9-20(25)26)21(27)16-10-17(22)18(11-19(16)24)23-15-6-4-3-5-7-15/h8-13,15,23H,3-7H2,1-2H3,(H,25,26). The van der Waals surface area contributed by atoms with E-state index in [4.69, 9.17) is 5.11 Å². The molecule has 0 spiro atoms. The number of rotatable bonds is 5. The minimum Gasteiger partial charge on any atom is -0.478 e. The first-order valence-corrected chi connectivity index (χ1v) is 9.42. The first kappa shape index (κ1) is 19.1. The zero-order valence-corrected chi connectivity index (χ0v) is 15.7. The van der Waals surface area contributed by atoms with Crippen molar-refractivity contribution < 1.29 is 14.3 Å². The van der Waals surface area contributed by atoms with E-state index in [9.17, 15) is 14.0 Å². The van der Waals surface area contributed by atoms with Gasteiger partial charge in [-0.1, -0.05) is 19.3 Å². The van der Waals surface area contributed by atoms with E-state index in [1.54, 1.807) is 12.3 Å². The maximum Gasteiger partial charge on any atom is 0.328 e. The fraction of sp³-hybridized carbons (Fsp3) is 0.429. The number of nitrogens with zero attached hydrogens (tertiary/aromatic N) is 1. The average molecular weight is 372 g/mol. The van der Waals surface area contributed by atoms with E-state index in [1.807, 2.05) is 18.4 Å². The fourth-order valence-electron chi connectivity index (χ4n) is 3.68. The lowest BCUT2D eigenvalue weighted by Gasteiger charge is -2.25. The van der Waals surface area contributed by atoms with Gasteiger partial charge in [-0.2, -0.15) is 0 Å². The van der Waals surface area contributed by atoms with Crippen molar-refractivity contribution in [3.05, 3.63) is 46.0 Å². The van der Waals surface area contributed by atoms with Gasteiger partial charge in [0.15, 0.2) is 5.43 Å². The average Bonchev–Trinajstić information content (AvgIpc) is 2.63. The molecule has 0 unspecified atom stereocenters. The third-order valence-corrected chi connectivity index (χ3v) is 5.08. The van der Waals surface area contributed by atoms with Gasteiger partial charge in [-0.15, -0.1) is 0 Å². The molecule has 27 heavy (non-hydrogen) atoms. The van der Waals surface area contributed by atoms with Crippen molar-refractivity contribution in [3.63, 3.8) is 0 Å². The number of anilines is 1. The Balaban J connectivity index is 2.11. The predicted molar refractivity (Wildman–Crippen MR) is 106 cm³/mol. The first-order valence-electron chi connectivity index (χ1n) is 9.42. The number of hydrogen-bond donors (Lipinski definition) is 2. The number of nitrogens with one attached hydrogen (secondary N) is 1. The van der Waals surface area contributed by atoms with Crippen LogP contribution in [0.15, 0.2) is 29.2 Å². The molecular weight excluding hydrogens is 347 g/mol. The summed E-state index contributed by atoms with van der Waals surface area (Å²) in [5.41, 5.74) is 0.910. The van der Waals surface area contributed by atoms with E-state index >= 15 is 0 Å². The van der Waals surface area contributed by atoms with Gasteiger partial charge >= 0.3 is 5.97 Å². The highest BCUT2D eigenvalue weighted by atomic mass is 19.1. The lowest BCUT2D eigenvalue weighted by atomic mass is 9.95. The Morgan fingerprint density at radius 2 is 2.00 bits per heavy atom. The number of pyridine rings is 1. The quantitative estimate of drug-likeness (QED) is 0.755. The topological polar surface area (TPSA) is 71.3 Å². The predicted octanol–water partition coefficient (Wildman–Crippen LogP) is 4.56. The number of aliphatic carboxylic acids is 1. The summed E-state index contributed by atoms with van der Waals surface area (Å²) in [7, 11) is 0. The summed E-state index contributed by atoms with van der Waals surface area (Å²) in [6.07, 6.45) is 9.36. The van der Waals surface area contributed by atoms with Crippen LogP contribution in [0.4, 0.5) is 10.1 Å². The molecule has 1 aromatic carbocycles. The van der Waals surface area contributed by atoms with Crippen LogP contribution >= 0.6 is 0 Å². The van der Waals surface area contributed by atoms with Crippen LogP contribution in [0.3, 0.4) is 0 Å². The molecule has 0 radical (unpaired) electrons. The number of carboxylic acids is 1. The van der Waals surface area contributed by atoms with Crippen molar-refractivity contribution in [2.24, 2.45) is 0 Å². The zero-order chi connectivity index (χ0) is 19.6. The second kappa shape index (κ2) is 7.94. The Hall–Kier alpha value is -2.63. The normalized spacial score (nSPS) is 15.7. The summed E-state index contributed by atoms with van der Waals surface area (Å²) in [5, 5.41) is 12.4. The Morgan fingerprint density at radius 1 is 1.30 bits per heavy atom. The van der Waals surface area contributed by atoms with Crippen molar-refractivity contribution in [1.29, 1.82) is 0 Å². The number of carboxylic acid groups (broad SMARTS) is 1. The number of fused-ring (bicyclic) bond motifs is 1. The van der Waals surface area contributed by atoms with Crippen LogP contribution in [-0.4, -0.2) is 21.7 Å². The van der Waals surface area contributed by atoms with Crippen molar-refractivity contribution >= 4 is 28.6 Å². The monoisotopic (exact) mass is 372 g/mol. The maximum atomic E-state index is 14.7. The summed E-state index contributed by atoms with van der Waals surface area (Å²) in [5.74, 6) is -1.59. The Kier molecular flexibility index (Phi) is 5.63. The molecule has 144 valence electrons. The van der Waals surface area contributed by atoms with Gasteiger partial charge in [0.2, 0.25) is 0 Å². The van der Waals surface area contributed by atoms with Crippen LogP contribution in [0, 0.1) is 5.82 Å². The molecule has 2 aromatic rings. The molecule has 1 fully saturated rings. The number of halogens is 1. The van der Waals surface area contributed by atoms with Crippen molar-refractivity contribution in [3.8, 4) is 0 Å². The highest BCUT2D eigenvalue weighted by molar-refractivity contribution is 5.88. The summed E-state index contributed by atoms with van der Waals surface area (Å²) >= 11 is 0. The number of benzene rings is 1. The largest absolute Gasteiger partial charge is 0.478 e. The molecule has 1 aliphatic carbocycles. The minimum absolute atomic E-state index is 0.0260. The summed E-state index contributed by atoms with van der Waals surface area (Å²) in [6.45, 7) is 3.93. The molecule has 1 aliphatic rings. The molecular formula is C21H25FN2O3. The second-order valence-corrected chi connectivity index (χ2v) is 7.41. The fourth-order valence-corrected chi connectivity index (χ4v) is 3.68. The van der Waals surface area contributed by atoms with E-state index in [2.05, 4.69) is 5.32 Å². The Bertz CT molecular complexity index is 941. The van der Waals surface area contributed by atoms with Gasteiger partial charge in [-0.05, 0) is 44.9 Å². The number of carbonyl (C=O) groups is 1. The second-order valence-electron chi connectivity index (χ2n) is 7.41. The van der Waals surface area contributed by atoms with Gasteiger partial charge in [0.05, 0.1) is 11.2 Å². The van der Waals surface area contributed by atoms with Crippen LogP contribution in [0.1, 0.15) is 57.6 Å². The SMILES string of the molecule is CC(C)n1cc(C=CC(=O)O)c(=O)c2cc(F)c(NC3CCCCC3)cc21. The van der Waals surface area contributed by atoms with Gasteiger partial charge in [-0.25, -0.2) is 9.18 Å². The van der Waals surface area contributed by atoms with Gasteiger partial charge in [0.1, 0.15) is 5.82 Å². The lowest BCUT2D eigenvalue weighted by molar-refractivity contribution is -0.131. The van der Waals surface area contributed by atoms with Gasteiger partial charge in [0, 0.05) is 35.3 Å². The van der Waals surface area contributed by atoms with E-state index in [0.717, 1.165) is 31.8 Å². The summed E-state index contributed by atoms with van der Waals surface area (Å²) < 4.78 is 16.6. The van der Waals surface area contributed by atoms with E-state index in [-0.39, 0.29) is 28.5 Å². The molecule has 2 N–H and O–H groups in total. The Labute approximate surface area is 157 Å². The molecule has 0 saturated heterocycles. The summed E-state index contributed by atoms with van der Waals surface area (Å²) in [6, 6.07) is 3.24. The molecule has 5 nitrogen and oxygen atoms in total. The zero-order valence-electron chi connectivity index (χ0n) is 15.7. The van der Waals surface area contributed by atoms with Crippen molar-refractivity contribution in [2.75, 3.05) is 5.32 Å². The molecule has 1 aromatic heterocycles. The maximum absolute atomic E-state index is 14.7. The van der Waals surface area contributed by atoms with E-state index < -0.39 is 11.8 Å². The van der Waals surface area contributed by atoms with Crippen LogP contribution in [0.2, 0.25) is 0 Å². The molecule has 3 rings (SSSR count). The number of aromatic nitrogens is 1. The first-order chi connectivity index (χ1) is 12.9. The van der Waals surface area contributed by atoms with E-state index in [1.165, 1.54) is 18.6 Å². The molecule has 1 heterocycles. The third kappa shape index (κ3) is 4.21. The van der Waals surface area contributed by atoms with Crippen LogP contribution in [0.5, 0.6) is 0 Å². The molecule has 1 saturated carbocycles. The third-order valence-electron chi connectivity index (χ3n) is 5.08. The highest BCUT2D eigenvalue weighted by Crippen LogP contribution is 2.27. The van der Waals surface area contributed by atoms with Crippen molar-refractivity contribution in [1.82, 2.24) is 4.57 Å². The molecule has 0 amide bonds.